The fraction of sp³-hybridized carbons (Fsp3) is 0.500. The predicted octanol–water partition coefficient (Wildman–Crippen LogP) is 1.66. The van der Waals surface area contributed by atoms with Crippen molar-refractivity contribution in [2.75, 3.05) is 32.8 Å². The van der Waals surface area contributed by atoms with Crippen molar-refractivity contribution in [2.24, 2.45) is 0 Å². The van der Waals surface area contributed by atoms with Gasteiger partial charge in [0.25, 0.3) is 11.5 Å². The van der Waals surface area contributed by atoms with E-state index in [1.54, 1.807) is 0 Å². The fourth-order valence-electron chi connectivity index (χ4n) is 3.83. The number of nitrogens with one attached hydrogen (secondary N) is 1. The number of carbonyl (C=O) groups is 1. The first kappa shape index (κ1) is 17.2. The van der Waals surface area contributed by atoms with E-state index in [0.29, 0.717) is 26.2 Å². The average molecular weight is 355 g/mol. The minimum absolute atomic E-state index is 0.0285. The highest BCUT2D eigenvalue weighted by atomic mass is 16.5. The second-order valence-corrected chi connectivity index (χ2v) is 7.32. The number of pyridine rings is 1. The number of piperazine rings is 1. The molecule has 0 spiro atoms. The van der Waals surface area contributed by atoms with Crippen LogP contribution in [0.2, 0.25) is 0 Å². The number of fused-ring (bicyclic) bond motifs is 1. The topological polar surface area (TPSA) is 65.6 Å². The Bertz CT molecular complexity index is 862. The molecule has 6 nitrogen and oxygen atoms in total. The Hall–Kier alpha value is -2.18. The molecule has 1 aromatic carbocycles. The number of nitrogens with zero attached hydrogens (tertiary/aromatic N) is 2. The monoisotopic (exact) mass is 355 g/mol. The van der Waals surface area contributed by atoms with Gasteiger partial charge in [-0.2, -0.15) is 0 Å². The zero-order valence-corrected chi connectivity index (χ0v) is 15.2. The standard InChI is InChI=1S/C20H25N3O3/c1-14-4-5-17-15(11-14)12-16(19(24)21-17)13-22-6-8-23(9-7-22)20(25)18-3-2-10-26-18/h4-5,11-12,18H,2-3,6-10,13H2,1H3,(H,21,24). The summed E-state index contributed by atoms with van der Waals surface area (Å²) in [5, 5.41) is 1.06. The molecule has 1 atom stereocenters. The fourth-order valence-corrected chi connectivity index (χ4v) is 3.83. The first-order valence-electron chi connectivity index (χ1n) is 9.35. The number of rotatable bonds is 3. The molecule has 0 saturated carbocycles. The van der Waals surface area contributed by atoms with Crippen molar-refractivity contribution in [1.29, 1.82) is 0 Å². The number of H-pyrrole nitrogens is 1. The number of amides is 1. The maximum Gasteiger partial charge on any atom is 0.252 e. The number of benzene rings is 1. The lowest BCUT2D eigenvalue weighted by molar-refractivity contribution is -0.142. The van der Waals surface area contributed by atoms with Gasteiger partial charge in [0.15, 0.2) is 0 Å². The lowest BCUT2D eigenvalue weighted by Crippen LogP contribution is -2.51. The second kappa shape index (κ2) is 7.21. The Kier molecular flexibility index (Phi) is 4.78. The van der Waals surface area contributed by atoms with Gasteiger partial charge >= 0.3 is 0 Å². The maximum atomic E-state index is 12.4. The number of aryl methyl sites for hydroxylation is 1. The summed E-state index contributed by atoms with van der Waals surface area (Å²) in [7, 11) is 0. The molecule has 2 aliphatic rings. The number of carbonyl (C=O) groups excluding carboxylic acids is 1. The van der Waals surface area contributed by atoms with Gasteiger partial charge in [-0.05, 0) is 43.4 Å². The van der Waals surface area contributed by atoms with Crippen molar-refractivity contribution >= 4 is 16.8 Å². The van der Waals surface area contributed by atoms with Crippen LogP contribution in [0.3, 0.4) is 0 Å². The van der Waals surface area contributed by atoms with Gasteiger partial charge in [-0.1, -0.05) is 11.6 Å². The summed E-state index contributed by atoms with van der Waals surface area (Å²) in [6, 6.07) is 8.03. The van der Waals surface area contributed by atoms with Crippen LogP contribution in [-0.4, -0.2) is 59.6 Å². The van der Waals surface area contributed by atoms with E-state index < -0.39 is 0 Å². The van der Waals surface area contributed by atoms with Crippen LogP contribution in [0, 0.1) is 6.92 Å². The molecule has 6 heteroatoms. The molecule has 1 unspecified atom stereocenters. The molecule has 4 rings (SSSR count). The summed E-state index contributed by atoms with van der Waals surface area (Å²) in [5.74, 6) is 0.126. The number of hydrogen-bond donors (Lipinski definition) is 1. The Morgan fingerprint density at radius 2 is 2.04 bits per heavy atom. The van der Waals surface area contributed by atoms with Crippen LogP contribution >= 0.6 is 0 Å². The van der Waals surface area contributed by atoms with Crippen molar-refractivity contribution in [1.82, 2.24) is 14.8 Å². The third-order valence-corrected chi connectivity index (χ3v) is 5.36. The third kappa shape index (κ3) is 3.52. The summed E-state index contributed by atoms with van der Waals surface area (Å²) < 4.78 is 5.51. The SMILES string of the molecule is Cc1ccc2[nH]c(=O)c(CN3CCN(C(=O)C4CCCO4)CC3)cc2c1. The summed E-state index contributed by atoms with van der Waals surface area (Å²) in [5.41, 5.74) is 2.80. The summed E-state index contributed by atoms with van der Waals surface area (Å²) in [4.78, 5) is 31.9. The van der Waals surface area contributed by atoms with Crippen LogP contribution in [0.5, 0.6) is 0 Å². The van der Waals surface area contributed by atoms with E-state index in [0.717, 1.165) is 42.4 Å². The molecule has 138 valence electrons. The lowest BCUT2D eigenvalue weighted by Gasteiger charge is -2.35. The first-order chi connectivity index (χ1) is 12.6. The van der Waals surface area contributed by atoms with Crippen molar-refractivity contribution < 1.29 is 9.53 Å². The second-order valence-electron chi connectivity index (χ2n) is 7.32. The Labute approximate surface area is 152 Å². The van der Waals surface area contributed by atoms with Crippen LogP contribution < -0.4 is 5.56 Å². The minimum atomic E-state index is -0.242. The van der Waals surface area contributed by atoms with Crippen molar-refractivity contribution in [3.05, 3.63) is 45.7 Å². The largest absolute Gasteiger partial charge is 0.368 e. The number of aromatic nitrogens is 1. The zero-order valence-electron chi connectivity index (χ0n) is 15.2. The molecule has 0 bridgehead atoms. The van der Waals surface area contributed by atoms with Crippen LogP contribution in [0.1, 0.15) is 24.0 Å². The molecule has 0 radical (unpaired) electrons. The van der Waals surface area contributed by atoms with Gasteiger partial charge in [0.2, 0.25) is 0 Å². The van der Waals surface area contributed by atoms with Crippen LogP contribution in [0.15, 0.2) is 29.1 Å². The Balaban J connectivity index is 1.41. The molecule has 3 heterocycles. The number of aromatic amines is 1. The average Bonchev–Trinajstić information content (AvgIpc) is 3.17. The van der Waals surface area contributed by atoms with Gasteiger partial charge in [0.1, 0.15) is 6.10 Å². The highest BCUT2D eigenvalue weighted by Crippen LogP contribution is 2.17. The van der Waals surface area contributed by atoms with Gasteiger partial charge in [-0.25, -0.2) is 0 Å². The van der Waals surface area contributed by atoms with Crippen molar-refractivity contribution in [2.45, 2.75) is 32.4 Å². The van der Waals surface area contributed by atoms with Gasteiger partial charge < -0.3 is 14.6 Å². The van der Waals surface area contributed by atoms with E-state index in [4.69, 9.17) is 4.74 Å². The number of ether oxygens (including phenoxy) is 1. The van der Waals surface area contributed by atoms with E-state index in [2.05, 4.69) is 22.9 Å². The number of hydrogen-bond acceptors (Lipinski definition) is 4. The smallest absolute Gasteiger partial charge is 0.252 e. The molecule has 1 aromatic heterocycles. The van der Waals surface area contributed by atoms with Crippen molar-refractivity contribution in [3.8, 4) is 0 Å². The van der Waals surface area contributed by atoms with E-state index in [1.807, 2.05) is 23.1 Å². The minimum Gasteiger partial charge on any atom is -0.368 e. The molecule has 2 fully saturated rings. The zero-order chi connectivity index (χ0) is 18.1. The van der Waals surface area contributed by atoms with Crippen LogP contribution in [0.25, 0.3) is 10.9 Å². The van der Waals surface area contributed by atoms with E-state index >= 15 is 0 Å². The maximum absolute atomic E-state index is 12.4. The quantitative estimate of drug-likeness (QED) is 0.909. The highest BCUT2D eigenvalue weighted by molar-refractivity contribution is 5.81. The van der Waals surface area contributed by atoms with Crippen LogP contribution in [-0.2, 0) is 16.1 Å². The van der Waals surface area contributed by atoms with E-state index in [1.165, 1.54) is 5.56 Å². The Morgan fingerprint density at radius 1 is 1.23 bits per heavy atom. The molecular weight excluding hydrogens is 330 g/mol. The molecule has 0 aliphatic carbocycles. The molecule has 2 aliphatic heterocycles. The first-order valence-corrected chi connectivity index (χ1v) is 9.35. The van der Waals surface area contributed by atoms with Gasteiger partial charge in [0, 0.05) is 50.4 Å². The van der Waals surface area contributed by atoms with Gasteiger partial charge in [-0.15, -0.1) is 0 Å². The normalized spacial score (nSPS) is 21.4. The lowest BCUT2D eigenvalue weighted by atomic mass is 10.1. The summed E-state index contributed by atoms with van der Waals surface area (Å²) >= 11 is 0. The Morgan fingerprint density at radius 3 is 2.77 bits per heavy atom. The summed E-state index contributed by atoms with van der Waals surface area (Å²) in [6.45, 7) is 6.32. The molecule has 26 heavy (non-hydrogen) atoms. The third-order valence-electron chi connectivity index (χ3n) is 5.36. The van der Waals surface area contributed by atoms with Gasteiger partial charge in [0.05, 0.1) is 0 Å². The van der Waals surface area contributed by atoms with E-state index in [-0.39, 0.29) is 17.6 Å². The molecule has 2 saturated heterocycles. The van der Waals surface area contributed by atoms with Crippen LogP contribution in [0.4, 0.5) is 0 Å². The molecule has 1 N–H and O–H groups in total. The van der Waals surface area contributed by atoms with E-state index in [9.17, 15) is 9.59 Å². The summed E-state index contributed by atoms with van der Waals surface area (Å²) in [6.07, 6.45) is 1.57. The van der Waals surface area contributed by atoms with Gasteiger partial charge in [-0.3, -0.25) is 14.5 Å². The van der Waals surface area contributed by atoms with Crippen molar-refractivity contribution in [3.63, 3.8) is 0 Å². The highest BCUT2D eigenvalue weighted by Gasteiger charge is 2.30. The molecule has 1 amide bonds. The predicted molar refractivity (Wildman–Crippen MR) is 100 cm³/mol. The molecule has 2 aromatic rings. The molecular formula is C20H25N3O3.